The van der Waals surface area contributed by atoms with Gasteiger partial charge in [-0.15, -0.1) is 0 Å². The number of hydrogen-bond acceptors (Lipinski definition) is 5. The molecule has 0 saturated heterocycles. The molecule has 9 heteroatoms. The molecule has 1 amide bonds. The van der Waals surface area contributed by atoms with E-state index in [0.29, 0.717) is 19.4 Å². The first-order chi connectivity index (χ1) is 16.7. The van der Waals surface area contributed by atoms with Crippen molar-refractivity contribution in [2.75, 3.05) is 6.54 Å². The van der Waals surface area contributed by atoms with Crippen LogP contribution in [0.4, 0.5) is 4.39 Å². The van der Waals surface area contributed by atoms with Gasteiger partial charge in [-0.25, -0.2) is 9.18 Å². The number of aliphatic carboxylic acids is 1. The summed E-state index contributed by atoms with van der Waals surface area (Å²) >= 11 is 0. The highest BCUT2D eigenvalue weighted by molar-refractivity contribution is 5.96. The number of carbonyl (C=O) groups is 2. The molecule has 0 saturated carbocycles. The maximum Gasteiger partial charge on any atom is 0.326 e. The molecule has 0 radical (unpaired) electrons. The third-order valence-corrected chi connectivity index (χ3v) is 6.08. The normalized spacial score (nSPS) is 17.7. The van der Waals surface area contributed by atoms with Gasteiger partial charge in [0.15, 0.2) is 0 Å². The van der Waals surface area contributed by atoms with E-state index < -0.39 is 29.1 Å². The molecule has 2 aromatic carbocycles. The molecule has 1 unspecified atom stereocenters. The minimum atomic E-state index is -1.17. The van der Waals surface area contributed by atoms with Crippen LogP contribution in [0.25, 0.3) is 10.8 Å². The monoisotopic (exact) mass is 478 g/mol. The second-order valence-electron chi connectivity index (χ2n) is 8.76. The van der Waals surface area contributed by atoms with E-state index in [0.717, 1.165) is 16.3 Å². The SMILES string of the molecule is NC1(NCCC[C@H](NC(=O)c2cccn(Cc3ccc4cc(F)ccc4c3)c2=O)C(=O)O)C=CC1. The summed E-state index contributed by atoms with van der Waals surface area (Å²) in [4.78, 5) is 37.4. The van der Waals surface area contributed by atoms with Crippen LogP contribution in [0.1, 0.15) is 35.2 Å². The number of rotatable bonds is 10. The molecule has 0 fully saturated rings. The average molecular weight is 479 g/mol. The fourth-order valence-corrected chi connectivity index (χ4v) is 4.02. The number of carbonyl (C=O) groups excluding carboxylic acids is 1. The number of nitrogens with zero attached hydrogens (tertiary/aromatic N) is 1. The van der Waals surface area contributed by atoms with Crippen molar-refractivity contribution in [3.63, 3.8) is 0 Å². The number of benzene rings is 2. The van der Waals surface area contributed by atoms with E-state index in [4.69, 9.17) is 5.73 Å². The molecule has 1 aromatic heterocycles. The first-order valence-electron chi connectivity index (χ1n) is 11.4. The van der Waals surface area contributed by atoms with E-state index >= 15 is 0 Å². The molecule has 0 spiro atoms. The predicted octanol–water partition coefficient (Wildman–Crippen LogP) is 2.36. The molecular weight excluding hydrogens is 451 g/mol. The van der Waals surface area contributed by atoms with Crippen LogP contribution < -0.4 is 21.9 Å². The lowest BCUT2D eigenvalue weighted by Gasteiger charge is -2.32. The summed E-state index contributed by atoms with van der Waals surface area (Å²) in [7, 11) is 0. The molecule has 3 aromatic rings. The van der Waals surface area contributed by atoms with Crippen molar-refractivity contribution in [2.45, 2.75) is 37.5 Å². The third-order valence-electron chi connectivity index (χ3n) is 6.08. The highest BCUT2D eigenvalue weighted by atomic mass is 19.1. The molecule has 5 N–H and O–H groups in total. The van der Waals surface area contributed by atoms with Crippen molar-refractivity contribution in [3.05, 3.63) is 94.2 Å². The number of amides is 1. The second kappa shape index (κ2) is 10.2. The Morgan fingerprint density at radius 3 is 2.63 bits per heavy atom. The van der Waals surface area contributed by atoms with E-state index in [1.807, 2.05) is 18.2 Å². The maximum atomic E-state index is 13.4. The van der Waals surface area contributed by atoms with Crippen molar-refractivity contribution in [2.24, 2.45) is 5.73 Å². The van der Waals surface area contributed by atoms with Crippen molar-refractivity contribution >= 4 is 22.6 Å². The lowest BCUT2D eigenvalue weighted by atomic mass is 9.96. The van der Waals surface area contributed by atoms with Gasteiger partial charge in [0.1, 0.15) is 17.4 Å². The number of aromatic nitrogens is 1. The summed E-state index contributed by atoms with van der Waals surface area (Å²) < 4.78 is 14.8. The van der Waals surface area contributed by atoms with Gasteiger partial charge in [0, 0.05) is 12.6 Å². The fourth-order valence-electron chi connectivity index (χ4n) is 4.02. The number of hydrogen-bond donors (Lipinski definition) is 4. The van der Waals surface area contributed by atoms with Crippen LogP contribution in [0.2, 0.25) is 0 Å². The van der Waals surface area contributed by atoms with Gasteiger partial charge in [-0.3, -0.25) is 14.9 Å². The van der Waals surface area contributed by atoms with Gasteiger partial charge in [0.2, 0.25) is 0 Å². The third kappa shape index (κ3) is 5.82. The number of halogens is 1. The zero-order chi connectivity index (χ0) is 25.0. The average Bonchev–Trinajstić information content (AvgIpc) is 2.81. The van der Waals surface area contributed by atoms with Crippen molar-refractivity contribution in [1.29, 1.82) is 0 Å². The smallest absolute Gasteiger partial charge is 0.326 e. The number of pyridine rings is 1. The van der Waals surface area contributed by atoms with Crippen LogP contribution in [0.3, 0.4) is 0 Å². The van der Waals surface area contributed by atoms with Gasteiger partial charge >= 0.3 is 5.97 Å². The van der Waals surface area contributed by atoms with Crippen LogP contribution in [-0.4, -0.2) is 39.8 Å². The molecule has 1 heterocycles. The molecule has 182 valence electrons. The summed E-state index contributed by atoms with van der Waals surface area (Å²) in [6.45, 7) is 0.702. The zero-order valence-corrected chi connectivity index (χ0v) is 19.0. The van der Waals surface area contributed by atoms with Crippen molar-refractivity contribution in [1.82, 2.24) is 15.2 Å². The molecule has 1 aliphatic carbocycles. The van der Waals surface area contributed by atoms with Gasteiger partial charge in [-0.2, -0.15) is 0 Å². The minimum absolute atomic E-state index is 0.139. The number of nitrogens with one attached hydrogen (secondary N) is 2. The fraction of sp³-hybridized carbons (Fsp3) is 0.269. The number of nitrogens with two attached hydrogens (primary N) is 1. The zero-order valence-electron chi connectivity index (χ0n) is 19.0. The van der Waals surface area contributed by atoms with Gasteiger partial charge in [0.05, 0.1) is 12.2 Å². The van der Waals surface area contributed by atoms with Crippen LogP contribution >= 0.6 is 0 Å². The van der Waals surface area contributed by atoms with E-state index in [9.17, 15) is 23.9 Å². The van der Waals surface area contributed by atoms with Crippen molar-refractivity contribution < 1.29 is 19.1 Å². The Kier molecular flexibility index (Phi) is 7.09. The summed E-state index contributed by atoms with van der Waals surface area (Å²) in [5.74, 6) is -2.24. The maximum absolute atomic E-state index is 13.4. The van der Waals surface area contributed by atoms with Gasteiger partial charge in [-0.05, 0) is 66.1 Å². The molecule has 2 atom stereocenters. The second-order valence-corrected chi connectivity index (χ2v) is 8.76. The van der Waals surface area contributed by atoms with Crippen LogP contribution in [0.5, 0.6) is 0 Å². The van der Waals surface area contributed by atoms with Crippen LogP contribution in [0, 0.1) is 5.82 Å². The molecular formula is C26H27FN4O4. The first-order valence-corrected chi connectivity index (χ1v) is 11.4. The first kappa shape index (κ1) is 24.3. The van der Waals surface area contributed by atoms with E-state index in [-0.39, 0.29) is 24.3 Å². The van der Waals surface area contributed by atoms with Gasteiger partial charge in [0.25, 0.3) is 11.5 Å². The Labute approximate surface area is 201 Å². The molecule has 4 rings (SSSR count). The Hall–Kier alpha value is -3.82. The Bertz CT molecular complexity index is 1350. The number of fused-ring (bicyclic) bond motifs is 1. The summed E-state index contributed by atoms with van der Waals surface area (Å²) in [5.41, 5.74) is 5.61. The lowest BCUT2D eigenvalue weighted by Crippen LogP contribution is -2.55. The number of carboxylic acid groups (broad SMARTS) is 1. The summed E-state index contributed by atoms with van der Waals surface area (Å²) in [6.07, 6.45) is 6.74. The lowest BCUT2D eigenvalue weighted by molar-refractivity contribution is -0.139. The van der Waals surface area contributed by atoms with E-state index in [1.54, 1.807) is 30.5 Å². The molecule has 0 aliphatic heterocycles. The van der Waals surface area contributed by atoms with E-state index in [1.165, 1.54) is 22.8 Å². The minimum Gasteiger partial charge on any atom is -0.480 e. The van der Waals surface area contributed by atoms with Gasteiger partial charge in [-0.1, -0.05) is 30.4 Å². The Morgan fingerprint density at radius 1 is 1.17 bits per heavy atom. The van der Waals surface area contributed by atoms with Gasteiger partial charge < -0.3 is 20.7 Å². The Morgan fingerprint density at radius 2 is 1.91 bits per heavy atom. The van der Waals surface area contributed by atoms with Crippen LogP contribution in [-0.2, 0) is 11.3 Å². The topological polar surface area (TPSA) is 126 Å². The van der Waals surface area contributed by atoms with E-state index in [2.05, 4.69) is 10.6 Å². The van der Waals surface area contributed by atoms with Crippen molar-refractivity contribution in [3.8, 4) is 0 Å². The quantitative estimate of drug-likeness (QED) is 0.201. The highest BCUT2D eigenvalue weighted by Gasteiger charge is 2.26. The summed E-state index contributed by atoms with van der Waals surface area (Å²) in [6, 6.07) is 11.7. The highest BCUT2D eigenvalue weighted by Crippen LogP contribution is 2.18. The molecule has 0 bridgehead atoms. The Balaban J connectivity index is 1.42. The summed E-state index contributed by atoms with van der Waals surface area (Å²) in [5, 5.41) is 16.7. The van der Waals surface area contributed by atoms with Crippen LogP contribution in [0.15, 0.2) is 71.7 Å². The predicted molar refractivity (Wildman–Crippen MR) is 131 cm³/mol. The molecule has 1 aliphatic rings. The molecule has 35 heavy (non-hydrogen) atoms. The number of carboxylic acids is 1. The largest absolute Gasteiger partial charge is 0.480 e. The molecule has 8 nitrogen and oxygen atoms in total. The standard InChI is InChI=1S/C26H27FN4O4/c27-20-9-8-18-14-17(6-7-19(18)15-20)16-31-13-2-4-21(24(31)33)23(32)30-22(25(34)35)5-1-12-29-26(28)10-3-11-26/h2-4,6-10,13-15,22,29H,1,5,11-12,16,28H2,(H,30,32)(H,34,35)/t22-,26?/m0/s1.